The molecule has 134 valence electrons. The van der Waals surface area contributed by atoms with Gasteiger partial charge in [0, 0.05) is 0 Å². The summed E-state index contributed by atoms with van der Waals surface area (Å²) in [6, 6.07) is 0. The molecule has 0 heterocycles. The third-order valence-corrected chi connectivity index (χ3v) is 12.3. The Balaban J connectivity index is 0.00000264. The van der Waals surface area contributed by atoms with Gasteiger partial charge in [-0.25, -0.2) is 0 Å². The van der Waals surface area contributed by atoms with Gasteiger partial charge in [-0.05, 0) is 0 Å². The van der Waals surface area contributed by atoms with Crippen molar-refractivity contribution in [3.05, 3.63) is 43.3 Å². The molecule has 0 aromatic rings. The van der Waals surface area contributed by atoms with E-state index in [1.807, 2.05) is 3.28 Å². The van der Waals surface area contributed by atoms with Gasteiger partial charge in [-0.15, -0.1) is 0 Å². The minimum atomic E-state index is -0.713. The maximum atomic E-state index is 2.66. The zero-order chi connectivity index (χ0) is 16.7. The van der Waals surface area contributed by atoms with E-state index < -0.39 is 23.2 Å². The molecule has 0 saturated heterocycles. The predicted molar refractivity (Wildman–Crippen MR) is 94.6 cm³/mol. The first-order chi connectivity index (χ1) is 10.2. The Morgan fingerprint density at radius 2 is 1.50 bits per heavy atom. The fourth-order valence-corrected chi connectivity index (χ4v) is 9.35. The van der Waals surface area contributed by atoms with Crippen LogP contribution in [0, 0.1) is 5.41 Å². The number of rotatable bonds is 5. The monoisotopic (exact) mass is 444 g/mol. The van der Waals surface area contributed by atoms with E-state index in [9.17, 15) is 0 Å². The van der Waals surface area contributed by atoms with Crippen molar-refractivity contribution < 1.29 is 48.0 Å². The molecule has 0 aliphatic heterocycles. The zero-order valence-electron chi connectivity index (χ0n) is 16.5. The summed E-state index contributed by atoms with van der Waals surface area (Å²) in [7, 11) is 0. The zero-order valence-corrected chi connectivity index (χ0v) is 20.5. The molecule has 3 heteroatoms. The molecule has 0 N–H and O–H groups in total. The van der Waals surface area contributed by atoms with Crippen LogP contribution >= 0.6 is 0 Å². The third-order valence-electron chi connectivity index (χ3n) is 6.12. The minimum absolute atomic E-state index is 0. The molecule has 0 saturated carbocycles. The molecule has 0 fully saturated rings. The largest absolute Gasteiger partial charge is 1.00 e. The Bertz CT molecular complexity index is 605. The van der Waals surface area contributed by atoms with Crippen LogP contribution in [0.1, 0.15) is 74.7 Å². The smallest absolute Gasteiger partial charge is 1.00 e. The van der Waals surface area contributed by atoms with Crippen LogP contribution in [0.2, 0.25) is 3.12 Å². The van der Waals surface area contributed by atoms with Crippen molar-refractivity contribution in [1.82, 2.24) is 0 Å². The molecular weight excluding hydrogens is 414 g/mol. The second-order valence-electron chi connectivity index (χ2n) is 7.42. The first-order valence-electron chi connectivity index (χ1n) is 8.84. The van der Waals surface area contributed by atoms with Crippen molar-refractivity contribution in [1.29, 1.82) is 0 Å². The molecule has 2 rings (SSSR count). The van der Waals surface area contributed by atoms with E-state index in [0.29, 0.717) is 8.54 Å². The fourth-order valence-electron chi connectivity index (χ4n) is 4.03. The van der Waals surface area contributed by atoms with Crippen LogP contribution in [0.3, 0.4) is 0 Å². The summed E-state index contributed by atoms with van der Waals surface area (Å²) in [5, 5.41) is 0. The first kappa shape index (κ1) is 24.4. The Labute approximate surface area is 173 Å². The van der Waals surface area contributed by atoms with Gasteiger partial charge in [0.15, 0.2) is 0 Å². The van der Waals surface area contributed by atoms with Gasteiger partial charge in [0.1, 0.15) is 0 Å². The SMILES string of the molecule is CCC1=C[C](CC)([Zr+2][C]2=C(C)C(C)=C(C)C2(C)C)C(CC)=C1.[Cl-].[Cl-]. The van der Waals surface area contributed by atoms with E-state index in [2.05, 4.69) is 67.5 Å². The summed E-state index contributed by atoms with van der Waals surface area (Å²) in [6.07, 6.45) is 8.87. The molecule has 0 aromatic heterocycles. The van der Waals surface area contributed by atoms with Crippen LogP contribution in [0.25, 0.3) is 0 Å². The standard InChI is InChI=1S/C11H17.C10H15.2ClH.Zr/c1-4-9-7-10(5-2)11(6-3)8-9;1-7-6-10(4,5)9(3)8(7)2;;;/h7-8H,4-6H2,1-3H3;1-5H3;2*1H;/q;;;;+2/p-2. The number of hydrogen-bond donors (Lipinski definition) is 0. The van der Waals surface area contributed by atoms with Crippen LogP contribution < -0.4 is 24.8 Å². The summed E-state index contributed by atoms with van der Waals surface area (Å²) in [4.78, 5) is 0. The van der Waals surface area contributed by atoms with Gasteiger partial charge in [-0.2, -0.15) is 0 Å². The summed E-state index contributed by atoms with van der Waals surface area (Å²) >= 11 is -0.713. The van der Waals surface area contributed by atoms with E-state index in [-0.39, 0.29) is 24.8 Å². The Morgan fingerprint density at radius 3 is 1.88 bits per heavy atom. The van der Waals surface area contributed by atoms with Crippen molar-refractivity contribution in [3.8, 4) is 0 Å². The summed E-state index contributed by atoms with van der Waals surface area (Å²) in [6.45, 7) is 19.0. The van der Waals surface area contributed by atoms with Crippen molar-refractivity contribution in [2.75, 3.05) is 0 Å². The molecule has 1 unspecified atom stereocenters. The average molecular weight is 447 g/mol. The van der Waals surface area contributed by atoms with Crippen molar-refractivity contribution in [3.63, 3.8) is 0 Å². The maximum Gasteiger partial charge on any atom is -1.00 e. The summed E-state index contributed by atoms with van der Waals surface area (Å²) < 4.78 is 2.27. The van der Waals surface area contributed by atoms with E-state index in [1.54, 1.807) is 27.9 Å². The van der Waals surface area contributed by atoms with Gasteiger partial charge < -0.3 is 24.8 Å². The average Bonchev–Trinajstić information content (AvgIpc) is 2.94. The molecule has 0 amide bonds. The van der Waals surface area contributed by atoms with Gasteiger partial charge in [-0.3, -0.25) is 0 Å². The van der Waals surface area contributed by atoms with E-state index in [1.165, 1.54) is 19.3 Å². The molecule has 24 heavy (non-hydrogen) atoms. The second-order valence-corrected chi connectivity index (χ2v) is 11.5. The second kappa shape index (κ2) is 8.88. The minimum Gasteiger partial charge on any atom is -1.00 e. The van der Waals surface area contributed by atoms with Crippen LogP contribution in [0.15, 0.2) is 43.3 Å². The molecule has 1 atom stereocenters. The normalized spacial score (nSPS) is 25.0. The van der Waals surface area contributed by atoms with Crippen LogP contribution in [-0.4, -0.2) is 0 Å². The van der Waals surface area contributed by atoms with Crippen LogP contribution in [0.5, 0.6) is 0 Å². The Morgan fingerprint density at radius 1 is 0.917 bits per heavy atom. The van der Waals surface area contributed by atoms with E-state index >= 15 is 0 Å². The van der Waals surface area contributed by atoms with E-state index in [4.69, 9.17) is 0 Å². The van der Waals surface area contributed by atoms with Crippen LogP contribution in [0.4, 0.5) is 0 Å². The molecule has 2 aliphatic carbocycles. The topological polar surface area (TPSA) is 0 Å². The maximum absolute atomic E-state index is 2.66. The third kappa shape index (κ3) is 3.89. The van der Waals surface area contributed by atoms with Crippen LogP contribution in [-0.2, 0) is 23.2 Å². The van der Waals surface area contributed by atoms with Crippen molar-refractivity contribution in [2.45, 2.75) is 77.8 Å². The van der Waals surface area contributed by atoms with E-state index in [0.717, 1.165) is 0 Å². The Hall–Kier alpha value is 0.423. The van der Waals surface area contributed by atoms with Gasteiger partial charge >= 0.3 is 150 Å². The first-order valence-corrected chi connectivity index (χ1v) is 11.3. The molecule has 0 nitrogen and oxygen atoms in total. The van der Waals surface area contributed by atoms with Gasteiger partial charge in [0.25, 0.3) is 0 Å². The molecule has 0 radical (unpaired) electrons. The molecule has 0 spiro atoms. The predicted octanol–water partition coefficient (Wildman–Crippen LogP) is 0.982. The number of allylic oxidation sites excluding steroid dienone is 8. The summed E-state index contributed by atoms with van der Waals surface area (Å²) in [5.41, 5.74) is 8.38. The molecular formula is C21H32Cl2Zr. The Kier molecular flexibility index (Phi) is 9.03. The summed E-state index contributed by atoms with van der Waals surface area (Å²) in [5.74, 6) is 0. The molecule has 0 bridgehead atoms. The molecule has 0 aromatic carbocycles. The molecule has 2 aliphatic rings. The van der Waals surface area contributed by atoms with Gasteiger partial charge in [0.05, 0.1) is 0 Å². The van der Waals surface area contributed by atoms with Crippen molar-refractivity contribution >= 4 is 0 Å². The van der Waals surface area contributed by atoms with Gasteiger partial charge in [0.2, 0.25) is 0 Å². The number of hydrogen-bond acceptors (Lipinski definition) is 0. The number of halogens is 2. The fraction of sp³-hybridized carbons (Fsp3) is 0.619. The van der Waals surface area contributed by atoms with Crippen molar-refractivity contribution in [2.24, 2.45) is 5.41 Å². The quantitative estimate of drug-likeness (QED) is 0.591. The van der Waals surface area contributed by atoms with Gasteiger partial charge in [-0.1, -0.05) is 0 Å².